The maximum absolute atomic E-state index is 11.7. The number of pyridine rings is 1. The van der Waals surface area contributed by atoms with Crippen molar-refractivity contribution in [2.45, 2.75) is 19.8 Å². The van der Waals surface area contributed by atoms with E-state index in [1.165, 1.54) is 0 Å². The molecule has 17 heavy (non-hydrogen) atoms. The van der Waals surface area contributed by atoms with Crippen molar-refractivity contribution in [2.75, 3.05) is 18.4 Å². The van der Waals surface area contributed by atoms with E-state index in [2.05, 4.69) is 29.1 Å². The zero-order valence-electron chi connectivity index (χ0n) is 10.2. The van der Waals surface area contributed by atoms with Crippen LogP contribution in [0.5, 0.6) is 0 Å². The van der Waals surface area contributed by atoms with Crippen LogP contribution in [0.3, 0.4) is 0 Å². The van der Waals surface area contributed by atoms with E-state index in [4.69, 9.17) is 0 Å². The molecule has 0 radical (unpaired) electrons. The molecule has 1 rings (SSSR count). The highest BCUT2D eigenvalue weighted by Gasteiger charge is 2.04. The van der Waals surface area contributed by atoms with Gasteiger partial charge in [0.1, 0.15) is 5.82 Å². The van der Waals surface area contributed by atoms with Crippen molar-refractivity contribution in [1.82, 2.24) is 10.3 Å². The minimum absolute atomic E-state index is 0.106. The average molecular weight is 233 g/mol. The molecule has 4 nitrogen and oxygen atoms in total. The summed E-state index contributed by atoms with van der Waals surface area (Å²) in [6.45, 7) is 7.04. The Balaban J connectivity index is 2.58. The summed E-state index contributed by atoms with van der Waals surface area (Å²) in [5, 5.41) is 5.92. The molecule has 0 aliphatic rings. The predicted molar refractivity (Wildman–Crippen MR) is 70.2 cm³/mol. The number of nitrogens with zero attached hydrogens (tertiary/aromatic N) is 1. The summed E-state index contributed by atoms with van der Waals surface area (Å²) in [5.74, 6) is 0.635. The molecule has 0 saturated heterocycles. The van der Waals surface area contributed by atoms with Crippen LogP contribution in [-0.4, -0.2) is 24.0 Å². The lowest BCUT2D eigenvalue weighted by Crippen LogP contribution is -2.23. The number of hydrogen-bond donors (Lipinski definition) is 2. The maximum atomic E-state index is 11.7. The first-order chi connectivity index (χ1) is 8.27. The second-order valence-corrected chi connectivity index (χ2v) is 3.71. The van der Waals surface area contributed by atoms with E-state index in [-0.39, 0.29) is 5.91 Å². The Morgan fingerprint density at radius 3 is 3.12 bits per heavy atom. The van der Waals surface area contributed by atoms with E-state index < -0.39 is 0 Å². The van der Waals surface area contributed by atoms with Crippen LogP contribution in [0, 0.1) is 0 Å². The van der Waals surface area contributed by atoms with Gasteiger partial charge in [-0.25, -0.2) is 4.98 Å². The zero-order chi connectivity index (χ0) is 12.5. The summed E-state index contributed by atoms with van der Waals surface area (Å²) in [7, 11) is 0. The Labute approximate surface area is 102 Å². The highest BCUT2D eigenvalue weighted by Crippen LogP contribution is 2.06. The number of nitrogens with one attached hydrogen (secondary N) is 2. The lowest BCUT2D eigenvalue weighted by Gasteiger charge is -2.06. The highest BCUT2D eigenvalue weighted by atomic mass is 16.1. The largest absolute Gasteiger partial charge is 0.370 e. The minimum Gasteiger partial charge on any atom is -0.370 e. The molecule has 92 valence electrons. The van der Waals surface area contributed by atoms with Gasteiger partial charge in [-0.1, -0.05) is 19.4 Å². The molecule has 0 bridgehead atoms. The molecule has 0 spiro atoms. The number of unbranched alkanes of at least 4 members (excludes halogenated alkanes) is 1. The normalized spacial score (nSPS) is 9.71. The molecule has 0 atom stereocenters. The van der Waals surface area contributed by atoms with Crippen LogP contribution in [0.25, 0.3) is 0 Å². The smallest absolute Gasteiger partial charge is 0.251 e. The van der Waals surface area contributed by atoms with Gasteiger partial charge < -0.3 is 10.6 Å². The zero-order valence-corrected chi connectivity index (χ0v) is 10.2. The molecule has 0 saturated carbocycles. The fourth-order valence-electron chi connectivity index (χ4n) is 1.33. The summed E-state index contributed by atoms with van der Waals surface area (Å²) >= 11 is 0. The molecule has 0 fully saturated rings. The van der Waals surface area contributed by atoms with Gasteiger partial charge in [0.05, 0.1) is 0 Å². The van der Waals surface area contributed by atoms with Gasteiger partial charge >= 0.3 is 0 Å². The summed E-state index contributed by atoms with van der Waals surface area (Å²) < 4.78 is 0. The fourth-order valence-corrected chi connectivity index (χ4v) is 1.33. The summed E-state index contributed by atoms with van der Waals surface area (Å²) in [4.78, 5) is 15.8. The molecule has 0 aromatic carbocycles. The molecule has 0 aliphatic heterocycles. The van der Waals surface area contributed by atoms with Gasteiger partial charge in [0.2, 0.25) is 0 Å². The molecule has 0 unspecified atom stereocenters. The van der Waals surface area contributed by atoms with Gasteiger partial charge in [0.15, 0.2) is 0 Å². The summed E-state index contributed by atoms with van der Waals surface area (Å²) in [5.41, 5.74) is 0.612. The Hall–Kier alpha value is -1.84. The number of rotatable bonds is 7. The van der Waals surface area contributed by atoms with Gasteiger partial charge in [0.25, 0.3) is 5.91 Å². The Bertz CT molecular complexity index is 377. The van der Waals surface area contributed by atoms with E-state index in [1.54, 1.807) is 24.4 Å². The first-order valence-corrected chi connectivity index (χ1v) is 5.87. The van der Waals surface area contributed by atoms with Crippen molar-refractivity contribution in [3.8, 4) is 0 Å². The van der Waals surface area contributed by atoms with Gasteiger partial charge in [-0.2, -0.15) is 0 Å². The van der Waals surface area contributed by atoms with Crippen LogP contribution < -0.4 is 10.6 Å². The maximum Gasteiger partial charge on any atom is 0.251 e. The van der Waals surface area contributed by atoms with Gasteiger partial charge in [-0.05, 0) is 18.6 Å². The van der Waals surface area contributed by atoms with Gasteiger partial charge in [0, 0.05) is 24.8 Å². The van der Waals surface area contributed by atoms with E-state index in [9.17, 15) is 4.79 Å². The van der Waals surface area contributed by atoms with Crippen molar-refractivity contribution in [2.24, 2.45) is 0 Å². The molecule has 4 heteroatoms. The lowest BCUT2D eigenvalue weighted by molar-refractivity contribution is 0.0958. The molecule has 1 aromatic rings. The fraction of sp³-hybridized carbons (Fsp3) is 0.385. The number of carbonyl (C=O) groups is 1. The minimum atomic E-state index is -0.106. The molecule has 2 N–H and O–H groups in total. The molecular weight excluding hydrogens is 214 g/mol. The molecule has 1 amide bonds. The third-order valence-corrected chi connectivity index (χ3v) is 2.27. The summed E-state index contributed by atoms with van der Waals surface area (Å²) in [6.07, 6.45) is 5.51. The quantitative estimate of drug-likeness (QED) is 0.561. The molecule has 1 aromatic heterocycles. The third-order valence-electron chi connectivity index (χ3n) is 2.27. The molecular formula is C13H19N3O. The monoisotopic (exact) mass is 233 g/mol. The van der Waals surface area contributed by atoms with Crippen molar-refractivity contribution in [3.63, 3.8) is 0 Å². The number of amides is 1. The second kappa shape index (κ2) is 7.44. The van der Waals surface area contributed by atoms with Crippen molar-refractivity contribution in [3.05, 3.63) is 36.5 Å². The number of carbonyl (C=O) groups excluding carboxylic acids is 1. The van der Waals surface area contributed by atoms with Gasteiger partial charge in [-0.15, -0.1) is 6.58 Å². The van der Waals surface area contributed by atoms with E-state index in [1.807, 2.05) is 0 Å². The van der Waals surface area contributed by atoms with E-state index in [0.29, 0.717) is 12.1 Å². The number of aromatic nitrogens is 1. The van der Waals surface area contributed by atoms with Crippen molar-refractivity contribution < 1.29 is 4.79 Å². The molecule has 1 heterocycles. The standard InChI is InChI=1S/C13H19N3O/c1-3-5-8-14-12-10-11(6-9-15-12)13(17)16-7-4-2/h4,6,9-10H,2-3,5,7-8H2,1H3,(H,14,15)(H,16,17). The first-order valence-electron chi connectivity index (χ1n) is 5.87. The lowest BCUT2D eigenvalue weighted by atomic mass is 10.2. The first kappa shape index (κ1) is 13.2. The van der Waals surface area contributed by atoms with Crippen LogP contribution in [0.2, 0.25) is 0 Å². The highest BCUT2D eigenvalue weighted by molar-refractivity contribution is 5.94. The molecule has 0 aliphatic carbocycles. The topological polar surface area (TPSA) is 54.0 Å². The van der Waals surface area contributed by atoms with Crippen molar-refractivity contribution in [1.29, 1.82) is 0 Å². The Morgan fingerprint density at radius 1 is 1.59 bits per heavy atom. The van der Waals surface area contributed by atoms with Crippen LogP contribution in [0.15, 0.2) is 31.0 Å². The van der Waals surface area contributed by atoms with Gasteiger partial charge in [-0.3, -0.25) is 4.79 Å². The van der Waals surface area contributed by atoms with E-state index in [0.717, 1.165) is 25.2 Å². The average Bonchev–Trinajstić information content (AvgIpc) is 2.36. The van der Waals surface area contributed by atoms with Crippen molar-refractivity contribution >= 4 is 11.7 Å². The van der Waals surface area contributed by atoms with E-state index >= 15 is 0 Å². The van der Waals surface area contributed by atoms with Crippen LogP contribution in [-0.2, 0) is 0 Å². The Kier molecular flexibility index (Phi) is 5.79. The number of hydrogen-bond acceptors (Lipinski definition) is 3. The number of anilines is 1. The predicted octanol–water partition coefficient (Wildman–Crippen LogP) is 2.21. The second-order valence-electron chi connectivity index (χ2n) is 3.71. The van der Waals surface area contributed by atoms with Crippen LogP contribution in [0.4, 0.5) is 5.82 Å². The van der Waals surface area contributed by atoms with Crippen LogP contribution >= 0.6 is 0 Å². The Morgan fingerprint density at radius 2 is 2.41 bits per heavy atom. The van der Waals surface area contributed by atoms with Crippen LogP contribution in [0.1, 0.15) is 30.1 Å². The SMILES string of the molecule is C=CCNC(=O)c1ccnc(NCCCC)c1. The third kappa shape index (κ3) is 4.68. The summed E-state index contributed by atoms with van der Waals surface area (Å²) in [6, 6.07) is 3.46.